The van der Waals surface area contributed by atoms with Crippen LogP contribution >= 0.6 is 15.9 Å². The highest BCUT2D eigenvalue weighted by atomic mass is 79.9. The highest BCUT2D eigenvalue weighted by Gasteiger charge is 2.10. The van der Waals surface area contributed by atoms with Gasteiger partial charge in [0.05, 0.1) is 18.4 Å². The van der Waals surface area contributed by atoms with Crippen LogP contribution in [0.25, 0.3) is 0 Å². The van der Waals surface area contributed by atoms with Crippen LogP contribution in [0.1, 0.15) is 22.8 Å². The Morgan fingerprint density at radius 3 is 2.87 bits per heavy atom. The van der Waals surface area contributed by atoms with Crippen LogP contribution in [-0.2, 0) is 0 Å². The zero-order chi connectivity index (χ0) is 16.8. The average Bonchev–Trinajstić information content (AvgIpc) is 2.52. The molecule has 2 aromatic rings. The van der Waals surface area contributed by atoms with Crippen LogP contribution in [0.15, 0.2) is 46.0 Å². The Morgan fingerprint density at radius 1 is 1.43 bits per heavy atom. The SMILES string of the molecule is CCOc1cc(Br)cc(C=NNC(=O)c2ccccc2N)c1O. The maximum atomic E-state index is 12.0. The lowest BCUT2D eigenvalue weighted by atomic mass is 10.2. The number of benzene rings is 2. The lowest BCUT2D eigenvalue weighted by Crippen LogP contribution is -2.19. The van der Waals surface area contributed by atoms with Gasteiger partial charge in [0, 0.05) is 15.7 Å². The van der Waals surface area contributed by atoms with Gasteiger partial charge in [-0.2, -0.15) is 5.10 Å². The fraction of sp³-hybridized carbons (Fsp3) is 0.125. The van der Waals surface area contributed by atoms with Crippen molar-refractivity contribution in [3.63, 3.8) is 0 Å². The summed E-state index contributed by atoms with van der Waals surface area (Å²) in [5.41, 5.74) is 9.20. The number of aromatic hydroxyl groups is 1. The van der Waals surface area contributed by atoms with Crippen LogP contribution in [0.5, 0.6) is 11.5 Å². The maximum absolute atomic E-state index is 12.0. The second kappa shape index (κ2) is 7.64. The van der Waals surface area contributed by atoms with E-state index in [9.17, 15) is 9.90 Å². The van der Waals surface area contributed by atoms with E-state index in [4.69, 9.17) is 10.5 Å². The topological polar surface area (TPSA) is 96.9 Å². The molecule has 6 nitrogen and oxygen atoms in total. The smallest absolute Gasteiger partial charge is 0.273 e. The van der Waals surface area contributed by atoms with E-state index in [-0.39, 0.29) is 5.75 Å². The van der Waals surface area contributed by atoms with Gasteiger partial charge in [0.1, 0.15) is 0 Å². The number of carbonyl (C=O) groups excluding carboxylic acids is 1. The quantitative estimate of drug-likeness (QED) is 0.423. The third-order valence-corrected chi connectivity index (χ3v) is 3.40. The molecular weight excluding hydrogens is 362 g/mol. The molecule has 23 heavy (non-hydrogen) atoms. The highest BCUT2D eigenvalue weighted by molar-refractivity contribution is 9.10. The number of nitrogens with two attached hydrogens (primary N) is 1. The van der Waals surface area contributed by atoms with Gasteiger partial charge in [-0.25, -0.2) is 5.43 Å². The van der Waals surface area contributed by atoms with Gasteiger partial charge in [0.15, 0.2) is 11.5 Å². The van der Waals surface area contributed by atoms with Crippen molar-refractivity contribution in [3.05, 3.63) is 52.0 Å². The molecule has 0 unspecified atom stereocenters. The van der Waals surface area contributed by atoms with Crippen LogP contribution in [0.2, 0.25) is 0 Å². The van der Waals surface area contributed by atoms with Crippen molar-refractivity contribution in [1.82, 2.24) is 5.43 Å². The Balaban J connectivity index is 2.15. The number of phenolic OH excluding ortho intramolecular Hbond substituents is 1. The van der Waals surface area contributed by atoms with Crippen molar-refractivity contribution in [2.75, 3.05) is 12.3 Å². The Hall–Kier alpha value is -2.54. The van der Waals surface area contributed by atoms with Crippen molar-refractivity contribution in [1.29, 1.82) is 0 Å². The summed E-state index contributed by atoms with van der Waals surface area (Å²) in [5.74, 6) is -0.145. The van der Waals surface area contributed by atoms with E-state index < -0.39 is 5.91 Å². The van der Waals surface area contributed by atoms with Gasteiger partial charge >= 0.3 is 0 Å². The first-order valence-electron chi connectivity index (χ1n) is 6.86. The summed E-state index contributed by atoms with van der Waals surface area (Å²) < 4.78 is 6.05. The van der Waals surface area contributed by atoms with Crippen LogP contribution in [0.3, 0.4) is 0 Å². The van der Waals surface area contributed by atoms with Gasteiger partial charge in [-0.1, -0.05) is 28.1 Å². The van der Waals surface area contributed by atoms with E-state index in [1.165, 1.54) is 6.21 Å². The number of carbonyl (C=O) groups is 1. The summed E-state index contributed by atoms with van der Waals surface area (Å²) in [6.07, 6.45) is 1.33. The van der Waals surface area contributed by atoms with E-state index in [1.807, 2.05) is 6.92 Å². The first-order valence-corrected chi connectivity index (χ1v) is 7.65. The number of para-hydroxylation sites is 1. The predicted molar refractivity (Wildman–Crippen MR) is 92.9 cm³/mol. The third kappa shape index (κ3) is 4.23. The van der Waals surface area contributed by atoms with E-state index in [0.29, 0.717) is 29.2 Å². The normalized spacial score (nSPS) is 10.7. The molecule has 0 saturated carbocycles. The van der Waals surface area contributed by atoms with E-state index in [1.54, 1.807) is 36.4 Å². The summed E-state index contributed by atoms with van der Waals surface area (Å²) in [5, 5.41) is 13.9. The largest absolute Gasteiger partial charge is 0.504 e. The molecular formula is C16H16BrN3O3. The van der Waals surface area contributed by atoms with E-state index >= 15 is 0 Å². The molecule has 0 aliphatic heterocycles. The average molecular weight is 378 g/mol. The van der Waals surface area contributed by atoms with Gasteiger partial charge in [-0.15, -0.1) is 0 Å². The Morgan fingerprint density at radius 2 is 2.17 bits per heavy atom. The molecule has 0 bridgehead atoms. The number of ether oxygens (including phenoxy) is 1. The number of anilines is 1. The first-order chi connectivity index (χ1) is 11.0. The van der Waals surface area contributed by atoms with Crippen LogP contribution < -0.4 is 15.9 Å². The zero-order valence-corrected chi connectivity index (χ0v) is 14.0. The molecule has 0 spiro atoms. The zero-order valence-electron chi connectivity index (χ0n) is 12.4. The van der Waals surface area contributed by atoms with E-state index in [0.717, 1.165) is 4.47 Å². The van der Waals surface area contributed by atoms with Gasteiger partial charge < -0.3 is 15.6 Å². The van der Waals surface area contributed by atoms with Crippen LogP contribution in [0.4, 0.5) is 5.69 Å². The number of hydrazone groups is 1. The number of hydrogen-bond donors (Lipinski definition) is 3. The molecule has 0 atom stereocenters. The molecule has 2 aromatic carbocycles. The second-order valence-electron chi connectivity index (χ2n) is 4.56. The molecule has 0 fully saturated rings. The van der Waals surface area contributed by atoms with Crippen LogP contribution in [-0.4, -0.2) is 23.8 Å². The molecule has 0 aromatic heterocycles. The molecule has 2 rings (SSSR count). The highest BCUT2D eigenvalue weighted by Crippen LogP contribution is 2.32. The molecule has 0 aliphatic carbocycles. The summed E-state index contributed by atoms with van der Waals surface area (Å²) in [7, 11) is 0. The fourth-order valence-corrected chi connectivity index (χ4v) is 2.34. The number of phenols is 1. The molecule has 120 valence electrons. The van der Waals surface area contributed by atoms with Crippen molar-refractivity contribution >= 4 is 33.7 Å². The fourth-order valence-electron chi connectivity index (χ4n) is 1.88. The molecule has 0 radical (unpaired) electrons. The Kier molecular flexibility index (Phi) is 5.59. The van der Waals surface area contributed by atoms with Gasteiger partial charge in [0.2, 0.25) is 0 Å². The second-order valence-corrected chi connectivity index (χ2v) is 5.48. The Labute approximate surface area is 142 Å². The Bertz CT molecular complexity index is 747. The number of hydrogen-bond acceptors (Lipinski definition) is 5. The minimum absolute atomic E-state index is 0.0488. The minimum atomic E-state index is -0.432. The molecule has 0 heterocycles. The van der Waals surface area contributed by atoms with Gasteiger partial charge in [-0.05, 0) is 31.2 Å². The number of nitrogens with one attached hydrogen (secondary N) is 1. The van der Waals surface area contributed by atoms with E-state index in [2.05, 4.69) is 26.5 Å². The molecule has 0 aliphatic rings. The van der Waals surface area contributed by atoms with Gasteiger partial charge in [-0.3, -0.25) is 4.79 Å². The number of halogens is 1. The lowest BCUT2D eigenvalue weighted by molar-refractivity contribution is 0.0956. The molecule has 1 amide bonds. The van der Waals surface area contributed by atoms with Gasteiger partial charge in [0.25, 0.3) is 5.91 Å². The van der Waals surface area contributed by atoms with Crippen molar-refractivity contribution in [3.8, 4) is 11.5 Å². The number of nitrogen functional groups attached to an aromatic ring is 1. The van der Waals surface area contributed by atoms with Crippen molar-refractivity contribution < 1.29 is 14.6 Å². The molecule has 0 saturated heterocycles. The van der Waals surface area contributed by atoms with Crippen LogP contribution in [0, 0.1) is 0 Å². The number of amides is 1. The van der Waals surface area contributed by atoms with Crippen molar-refractivity contribution in [2.45, 2.75) is 6.92 Å². The first kappa shape index (κ1) is 16.8. The molecule has 7 heteroatoms. The summed E-state index contributed by atoms with van der Waals surface area (Å²) >= 11 is 3.33. The minimum Gasteiger partial charge on any atom is -0.504 e. The summed E-state index contributed by atoms with van der Waals surface area (Å²) in [6.45, 7) is 2.24. The predicted octanol–water partition coefficient (Wildman–Crippen LogP) is 2.90. The van der Waals surface area contributed by atoms with Crippen molar-refractivity contribution in [2.24, 2.45) is 5.10 Å². The summed E-state index contributed by atoms with van der Waals surface area (Å²) in [6, 6.07) is 9.99. The number of nitrogens with zero attached hydrogens (tertiary/aromatic N) is 1. The third-order valence-electron chi connectivity index (χ3n) is 2.94. The summed E-state index contributed by atoms with van der Waals surface area (Å²) in [4.78, 5) is 12.0. The monoisotopic (exact) mass is 377 g/mol. The number of rotatable bonds is 5. The maximum Gasteiger partial charge on any atom is 0.273 e. The molecule has 4 N–H and O–H groups in total. The standard InChI is InChI=1S/C16H16BrN3O3/c1-2-23-14-8-11(17)7-10(15(14)21)9-19-20-16(22)12-5-3-4-6-13(12)18/h3-9,21H,2,18H2,1H3,(H,20,22). The lowest BCUT2D eigenvalue weighted by Gasteiger charge is -2.08.